The van der Waals surface area contributed by atoms with E-state index in [0.29, 0.717) is 6.42 Å². The van der Waals surface area contributed by atoms with Crippen molar-refractivity contribution < 1.29 is 34.2 Å². The van der Waals surface area contributed by atoms with Gasteiger partial charge in [-0.1, -0.05) is 19.8 Å². The normalized spacial score (nSPS) is 10.9. The van der Waals surface area contributed by atoms with Gasteiger partial charge in [-0.25, -0.2) is 0 Å². The smallest absolute Gasteiger partial charge is 0.688 e. The van der Waals surface area contributed by atoms with Crippen LogP contribution in [0.3, 0.4) is 0 Å². The summed E-state index contributed by atoms with van der Waals surface area (Å²) in [6, 6.07) is 0. The summed E-state index contributed by atoms with van der Waals surface area (Å²) in [5.74, 6) is 0. The van der Waals surface area contributed by atoms with Crippen LogP contribution in [0.5, 0.6) is 0 Å². The summed E-state index contributed by atoms with van der Waals surface area (Å²) in [7, 11) is -4.21. The van der Waals surface area contributed by atoms with E-state index in [2.05, 4.69) is 0 Å². The first-order valence-corrected chi connectivity index (χ1v) is 5.30. The molecule has 0 N–H and O–H groups in total. The van der Waals surface area contributed by atoms with E-state index in [1.807, 2.05) is 6.92 Å². The minimum Gasteiger partial charge on any atom is -0.688 e. The molecule has 0 unspecified atom stereocenters. The fourth-order valence-corrected chi connectivity index (χ4v) is 1.34. The predicted molar refractivity (Wildman–Crippen MR) is 35.9 cm³/mol. The van der Waals surface area contributed by atoms with Gasteiger partial charge in [0.1, 0.15) is 0 Å². The topological polar surface area (TPSA) is 69.2 Å². The van der Waals surface area contributed by atoms with E-state index >= 15 is 0 Å². The van der Waals surface area contributed by atoms with Crippen LogP contribution < -0.4 is 14.7 Å². The molecule has 0 aromatic rings. The third kappa shape index (κ3) is 13.9. The maximum atomic E-state index is 10.1. The third-order valence-electron chi connectivity index (χ3n) is 1.29. The molecular weight excluding hydrogens is 216 g/mol. The van der Waals surface area contributed by atoms with Crippen molar-refractivity contribution in [1.82, 2.24) is 0 Å². The molecule has 5 heteroatoms. The zero-order chi connectivity index (χ0) is 8.04. The van der Waals surface area contributed by atoms with E-state index in [0.717, 1.165) is 19.3 Å². The molecule has 0 fully saturated rings. The van der Waals surface area contributed by atoms with Gasteiger partial charge in [0.2, 0.25) is 0 Å². The third-order valence-corrected chi connectivity index (χ3v) is 2.15. The van der Waals surface area contributed by atoms with Crippen LogP contribution in [0.2, 0.25) is 0 Å². The van der Waals surface area contributed by atoms with E-state index in [9.17, 15) is 14.7 Å². The van der Waals surface area contributed by atoms with Crippen LogP contribution >= 0.6 is 7.94 Å². The maximum Gasteiger partial charge on any atom is 2.00 e. The fourth-order valence-electron chi connectivity index (χ4n) is 0.732. The Labute approximate surface area is 81.2 Å². The molecule has 0 spiro atoms. The first-order valence-electron chi connectivity index (χ1n) is 3.57. The average molecular weight is 230 g/mol. The molecule has 0 radical (unpaired) electrons. The van der Waals surface area contributed by atoms with Gasteiger partial charge in [-0.2, -0.15) is 7.94 Å². The van der Waals surface area contributed by atoms with E-state index < -0.39 is 7.94 Å². The largest absolute Gasteiger partial charge is 2.00 e. The van der Waals surface area contributed by atoms with E-state index in [4.69, 9.17) is 0 Å². The summed E-state index contributed by atoms with van der Waals surface area (Å²) in [5.41, 5.74) is 0. The second-order valence-corrected chi connectivity index (χ2v) is 4.06. The molecule has 0 aliphatic heterocycles. The Hall–Kier alpha value is 0.933. The molecule has 0 aliphatic rings. The molecule has 0 heterocycles. The van der Waals surface area contributed by atoms with Crippen molar-refractivity contribution in [3.63, 3.8) is 0 Å². The van der Waals surface area contributed by atoms with Gasteiger partial charge in [-0.05, 0) is 12.8 Å². The van der Waals surface area contributed by atoms with Gasteiger partial charge in [0.25, 0.3) is 0 Å². The standard InChI is InChI=1S/C6H15O3P.Zn/c1-2-3-4-5-6-10(7,8)9;/h2-6H2,1H3,(H2,7,8,9);/q;+2/p-2. The second kappa shape index (κ2) is 7.58. The molecule has 11 heavy (non-hydrogen) atoms. The Morgan fingerprint density at radius 1 is 1.00 bits per heavy atom. The van der Waals surface area contributed by atoms with Gasteiger partial charge in [0.05, 0.1) is 0 Å². The molecule has 0 bridgehead atoms. The van der Waals surface area contributed by atoms with Crippen molar-refractivity contribution in [3.8, 4) is 0 Å². The van der Waals surface area contributed by atoms with Crippen LogP contribution in [-0.2, 0) is 19.5 Å². The minimum absolute atomic E-state index is 0. The maximum absolute atomic E-state index is 10.1. The van der Waals surface area contributed by atoms with Crippen molar-refractivity contribution in [2.45, 2.75) is 32.6 Å². The molecule has 3 nitrogen and oxygen atoms in total. The summed E-state index contributed by atoms with van der Waals surface area (Å²) in [6.45, 7) is 2.04. The van der Waals surface area contributed by atoms with Gasteiger partial charge in [0.15, 0.2) is 0 Å². The molecule has 0 aromatic carbocycles. The van der Waals surface area contributed by atoms with Crippen LogP contribution in [0.25, 0.3) is 0 Å². The van der Waals surface area contributed by atoms with Crippen LogP contribution in [0, 0.1) is 0 Å². The zero-order valence-corrected chi connectivity index (χ0v) is 10.8. The number of hydrogen-bond donors (Lipinski definition) is 0. The van der Waals surface area contributed by atoms with E-state index in [1.54, 1.807) is 0 Å². The Kier molecular flexibility index (Phi) is 9.96. The van der Waals surface area contributed by atoms with Crippen molar-refractivity contribution in [2.75, 3.05) is 6.16 Å². The molecule has 0 rings (SSSR count). The van der Waals surface area contributed by atoms with Crippen LogP contribution in [-0.4, -0.2) is 6.16 Å². The molecular formula is C6H13O3PZn. The van der Waals surface area contributed by atoms with E-state index in [1.165, 1.54) is 0 Å². The molecule has 0 amide bonds. The van der Waals surface area contributed by atoms with E-state index in [-0.39, 0.29) is 25.6 Å². The Bertz CT molecular complexity index is 84.4. The molecule has 0 atom stereocenters. The van der Waals surface area contributed by atoms with Crippen molar-refractivity contribution in [2.24, 2.45) is 0 Å². The monoisotopic (exact) mass is 228 g/mol. The Morgan fingerprint density at radius 2 is 1.55 bits per heavy atom. The summed E-state index contributed by atoms with van der Waals surface area (Å²) in [5, 5.41) is 0. The Balaban J connectivity index is 0. The summed E-state index contributed by atoms with van der Waals surface area (Å²) < 4.78 is 0. The number of rotatable bonds is 5. The summed E-state index contributed by atoms with van der Waals surface area (Å²) in [6.07, 6.45) is 3.28. The predicted octanol–water partition coefficient (Wildman–Crippen LogP) is -0.592. The average Bonchev–Trinajstić information content (AvgIpc) is 1.78. The molecule has 0 aliphatic carbocycles. The molecule has 0 aromatic heterocycles. The molecule has 0 saturated carbocycles. The minimum atomic E-state index is -4.21. The Morgan fingerprint density at radius 3 is 1.91 bits per heavy atom. The summed E-state index contributed by atoms with van der Waals surface area (Å²) >= 11 is 0. The SMILES string of the molecule is CCCCCC[P+]([O-])([O-])[O-].[Zn+2]. The van der Waals surface area contributed by atoms with Crippen LogP contribution in [0.15, 0.2) is 0 Å². The van der Waals surface area contributed by atoms with Gasteiger partial charge in [0, 0.05) is 6.16 Å². The first kappa shape index (κ1) is 14.5. The van der Waals surface area contributed by atoms with Crippen molar-refractivity contribution in [3.05, 3.63) is 0 Å². The van der Waals surface area contributed by atoms with Crippen LogP contribution in [0.4, 0.5) is 0 Å². The van der Waals surface area contributed by atoms with Gasteiger partial charge < -0.3 is 14.7 Å². The quantitative estimate of drug-likeness (QED) is 0.359. The first-order chi connectivity index (χ1) is 4.56. The molecule has 0 saturated heterocycles. The number of unbranched alkanes of at least 4 members (excludes halogenated alkanes) is 3. The zero-order valence-electron chi connectivity index (χ0n) is 6.91. The summed E-state index contributed by atoms with van der Waals surface area (Å²) in [4.78, 5) is 30.2. The van der Waals surface area contributed by atoms with Gasteiger partial charge in [-0.3, -0.25) is 0 Å². The van der Waals surface area contributed by atoms with Crippen molar-refractivity contribution in [1.29, 1.82) is 0 Å². The van der Waals surface area contributed by atoms with Crippen molar-refractivity contribution >= 4 is 7.94 Å². The van der Waals surface area contributed by atoms with Gasteiger partial charge >= 0.3 is 19.5 Å². The van der Waals surface area contributed by atoms with Gasteiger partial charge in [-0.15, -0.1) is 0 Å². The second-order valence-electron chi connectivity index (χ2n) is 2.40. The van der Waals surface area contributed by atoms with Crippen LogP contribution in [0.1, 0.15) is 32.6 Å². The number of hydrogen-bond acceptors (Lipinski definition) is 3. The fraction of sp³-hybridized carbons (Fsp3) is 1.00. The molecule has 62 valence electrons.